The number of phenols is 1. The van der Waals surface area contributed by atoms with Gasteiger partial charge in [0.25, 0.3) is 0 Å². The van der Waals surface area contributed by atoms with Crippen molar-refractivity contribution in [1.82, 2.24) is 9.55 Å². The van der Waals surface area contributed by atoms with Crippen molar-refractivity contribution in [3.63, 3.8) is 0 Å². The highest BCUT2D eigenvalue weighted by atomic mass is 16.3. The van der Waals surface area contributed by atoms with Crippen LogP contribution in [0, 0.1) is 6.92 Å². The fourth-order valence-corrected chi connectivity index (χ4v) is 4.64. The Hall–Kier alpha value is -2.95. The lowest BCUT2D eigenvalue weighted by atomic mass is 9.62. The number of nitrogens with zero attached hydrogens (tertiary/aromatic N) is 1. The third kappa shape index (κ3) is 3.42. The molecule has 1 aliphatic carbocycles. The topological polar surface area (TPSA) is 78.2 Å². The first kappa shape index (κ1) is 20.3. The van der Waals surface area contributed by atoms with Gasteiger partial charge >= 0.3 is 5.69 Å². The van der Waals surface area contributed by atoms with Gasteiger partial charge in [0.1, 0.15) is 5.75 Å². The monoisotopic (exact) mass is 406 g/mol. The fourth-order valence-electron chi connectivity index (χ4n) is 4.64. The first-order valence-corrected chi connectivity index (χ1v) is 10.4. The van der Waals surface area contributed by atoms with Crippen LogP contribution < -0.4 is 5.69 Å². The number of fused-ring (bicyclic) bond motifs is 1. The Morgan fingerprint density at radius 1 is 0.967 bits per heavy atom. The molecule has 5 nitrogen and oxygen atoms in total. The number of hydrogen-bond acceptors (Lipinski definition) is 3. The molecule has 30 heavy (non-hydrogen) atoms. The zero-order valence-electron chi connectivity index (χ0n) is 18.3. The summed E-state index contributed by atoms with van der Waals surface area (Å²) in [6.07, 6.45) is 3.66. The van der Waals surface area contributed by atoms with E-state index < -0.39 is 0 Å². The molecule has 0 saturated heterocycles. The lowest BCUT2D eigenvalue weighted by Gasteiger charge is -2.42. The second-order valence-electron chi connectivity index (χ2n) is 9.90. The first-order valence-electron chi connectivity index (χ1n) is 10.4. The molecule has 2 aromatic carbocycles. The minimum absolute atomic E-state index is 0.0799. The lowest BCUT2D eigenvalue weighted by molar-refractivity contribution is 0.332. The van der Waals surface area contributed by atoms with Crippen LogP contribution in [0.5, 0.6) is 11.6 Å². The van der Waals surface area contributed by atoms with Gasteiger partial charge in [-0.15, -0.1) is 0 Å². The number of phenolic OH excluding ortho intramolecular Hbond substituents is 1. The molecule has 0 fully saturated rings. The predicted molar refractivity (Wildman–Crippen MR) is 119 cm³/mol. The van der Waals surface area contributed by atoms with Crippen LogP contribution in [0.3, 0.4) is 0 Å². The Bertz CT molecular complexity index is 1180. The van der Waals surface area contributed by atoms with Gasteiger partial charge in [-0.2, -0.15) is 0 Å². The SMILES string of the molecule is Cc1cc2c(cc1-c1cc(Cn3cc(O)[nH]c3=O)ccc1O)C(C)(C)CCC2(C)C. The quantitative estimate of drug-likeness (QED) is 0.575. The Morgan fingerprint density at radius 2 is 1.60 bits per heavy atom. The minimum Gasteiger partial charge on any atom is -0.507 e. The van der Waals surface area contributed by atoms with E-state index in [-0.39, 0.29) is 28.1 Å². The highest BCUT2D eigenvalue weighted by Gasteiger charge is 2.37. The van der Waals surface area contributed by atoms with Crippen molar-refractivity contribution in [3.8, 4) is 22.8 Å². The Balaban J connectivity index is 1.83. The Kier molecular flexibility index (Phi) is 4.60. The van der Waals surface area contributed by atoms with Crippen molar-refractivity contribution >= 4 is 0 Å². The molecule has 3 aromatic rings. The van der Waals surface area contributed by atoms with E-state index in [1.165, 1.54) is 21.9 Å². The number of nitrogens with one attached hydrogen (secondary N) is 1. The third-order valence-corrected chi connectivity index (χ3v) is 6.68. The van der Waals surface area contributed by atoms with Crippen LogP contribution in [0.15, 0.2) is 41.3 Å². The number of benzene rings is 2. The second-order valence-corrected chi connectivity index (χ2v) is 9.90. The van der Waals surface area contributed by atoms with Crippen molar-refractivity contribution < 1.29 is 10.2 Å². The molecular weight excluding hydrogens is 376 g/mol. The fraction of sp³-hybridized carbons (Fsp3) is 0.400. The van der Waals surface area contributed by atoms with Gasteiger partial charge in [0.15, 0.2) is 0 Å². The zero-order chi connectivity index (χ0) is 21.8. The van der Waals surface area contributed by atoms with Crippen LogP contribution in [-0.4, -0.2) is 19.8 Å². The van der Waals surface area contributed by atoms with Gasteiger partial charge in [-0.3, -0.25) is 9.55 Å². The summed E-state index contributed by atoms with van der Waals surface area (Å²) in [7, 11) is 0. The number of H-pyrrole nitrogens is 1. The smallest absolute Gasteiger partial charge is 0.328 e. The maximum atomic E-state index is 11.9. The average Bonchev–Trinajstić information content (AvgIpc) is 2.97. The lowest BCUT2D eigenvalue weighted by Crippen LogP contribution is -2.34. The summed E-state index contributed by atoms with van der Waals surface area (Å²) in [5.74, 6) is 0.0633. The molecule has 4 rings (SSSR count). The molecule has 158 valence electrons. The standard InChI is InChI=1S/C25H30N2O3/c1-15-10-19-20(25(4,5)9-8-24(19,2)3)12-17(15)18-11-16(6-7-21(18)28)13-27-14-22(29)26-23(27)30/h6-7,10-12,14,28-29H,8-9,13H2,1-5H3,(H,26,30). The third-order valence-electron chi connectivity index (χ3n) is 6.68. The second kappa shape index (κ2) is 6.79. The van der Waals surface area contributed by atoms with Crippen molar-refractivity contribution in [2.45, 2.75) is 64.8 Å². The summed E-state index contributed by atoms with van der Waals surface area (Å²) in [6.45, 7) is 11.6. The molecule has 0 spiro atoms. The summed E-state index contributed by atoms with van der Waals surface area (Å²) in [6, 6.07) is 9.94. The minimum atomic E-state index is -0.365. The molecule has 1 aromatic heterocycles. The van der Waals surface area contributed by atoms with Gasteiger partial charge in [-0.05, 0) is 76.6 Å². The molecule has 0 radical (unpaired) electrons. The van der Waals surface area contributed by atoms with Gasteiger partial charge in [-0.25, -0.2) is 4.79 Å². The van der Waals surface area contributed by atoms with E-state index in [1.807, 2.05) is 6.07 Å². The zero-order valence-corrected chi connectivity index (χ0v) is 18.3. The number of hydrogen-bond donors (Lipinski definition) is 3. The Morgan fingerprint density at radius 3 is 2.20 bits per heavy atom. The van der Waals surface area contributed by atoms with E-state index in [1.54, 1.807) is 12.1 Å². The number of aryl methyl sites for hydroxylation is 1. The van der Waals surface area contributed by atoms with Gasteiger partial charge in [0.2, 0.25) is 5.88 Å². The van der Waals surface area contributed by atoms with Crippen molar-refractivity contribution in [2.75, 3.05) is 0 Å². The number of aromatic hydroxyl groups is 2. The number of imidazole rings is 1. The summed E-state index contributed by atoms with van der Waals surface area (Å²) >= 11 is 0. The van der Waals surface area contributed by atoms with Crippen LogP contribution in [-0.2, 0) is 17.4 Å². The largest absolute Gasteiger partial charge is 0.507 e. The van der Waals surface area contributed by atoms with E-state index in [2.05, 4.69) is 51.7 Å². The maximum absolute atomic E-state index is 11.9. The summed E-state index contributed by atoms with van der Waals surface area (Å²) in [4.78, 5) is 14.3. The van der Waals surface area contributed by atoms with Gasteiger partial charge in [0.05, 0.1) is 12.7 Å². The van der Waals surface area contributed by atoms with Crippen LogP contribution in [0.1, 0.15) is 62.8 Å². The van der Waals surface area contributed by atoms with Crippen molar-refractivity contribution in [2.24, 2.45) is 0 Å². The van der Waals surface area contributed by atoms with Crippen molar-refractivity contribution in [1.29, 1.82) is 0 Å². The summed E-state index contributed by atoms with van der Waals surface area (Å²) in [5, 5.41) is 20.2. The molecule has 0 amide bonds. The molecule has 5 heteroatoms. The van der Waals surface area contributed by atoms with E-state index in [9.17, 15) is 15.0 Å². The van der Waals surface area contributed by atoms with Crippen LogP contribution in [0.4, 0.5) is 0 Å². The van der Waals surface area contributed by atoms with E-state index in [0.29, 0.717) is 6.54 Å². The van der Waals surface area contributed by atoms with Gasteiger partial charge < -0.3 is 10.2 Å². The molecule has 1 aliphatic rings. The molecule has 0 saturated carbocycles. The predicted octanol–water partition coefficient (Wildman–Crippen LogP) is 4.96. The maximum Gasteiger partial charge on any atom is 0.328 e. The first-order chi connectivity index (χ1) is 14.0. The highest BCUT2D eigenvalue weighted by Crippen LogP contribution is 2.48. The van der Waals surface area contributed by atoms with Gasteiger partial charge in [-0.1, -0.05) is 39.8 Å². The van der Waals surface area contributed by atoms with Gasteiger partial charge in [0, 0.05) is 5.56 Å². The van der Waals surface area contributed by atoms with Crippen LogP contribution in [0.2, 0.25) is 0 Å². The van der Waals surface area contributed by atoms with Crippen LogP contribution in [0.25, 0.3) is 11.1 Å². The number of aromatic nitrogens is 2. The molecule has 0 atom stereocenters. The molecule has 3 N–H and O–H groups in total. The Labute approximate surface area is 177 Å². The molecular formula is C25H30N2O3. The van der Waals surface area contributed by atoms with E-state index in [4.69, 9.17) is 0 Å². The molecule has 0 bridgehead atoms. The molecule has 0 aliphatic heterocycles. The number of rotatable bonds is 3. The molecule has 0 unspecified atom stereocenters. The normalized spacial score (nSPS) is 17.0. The summed E-state index contributed by atoms with van der Waals surface area (Å²) in [5.41, 5.74) is 6.37. The molecule has 1 heterocycles. The number of aromatic amines is 1. The van der Waals surface area contributed by atoms with E-state index in [0.717, 1.165) is 35.1 Å². The highest BCUT2D eigenvalue weighted by molar-refractivity contribution is 5.75. The van der Waals surface area contributed by atoms with E-state index >= 15 is 0 Å². The van der Waals surface area contributed by atoms with Crippen molar-refractivity contribution in [3.05, 3.63) is 69.3 Å². The summed E-state index contributed by atoms with van der Waals surface area (Å²) < 4.78 is 1.41. The van der Waals surface area contributed by atoms with Crippen LogP contribution >= 0.6 is 0 Å². The average molecular weight is 407 g/mol.